The van der Waals surface area contributed by atoms with Gasteiger partial charge in [-0.1, -0.05) is 52.2 Å². The minimum atomic E-state index is 0.269. The summed E-state index contributed by atoms with van der Waals surface area (Å²) >= 11 is 3.49. The highest BCUT2D eigenvalue weighted by Crippen LogP contribution is 2.24. The lowest BCUT2D eigenvalue weighted by Gasteiger charge is -2.16. The van der Waals surface area contributed by atoms with Crippen molar-refractivity contribution in [3.63, 3.8) is 0 Å². The third-order valence-electron chi connectivity index (χ3n) is 3.23. The molecule has 2 rings (SSSR count). The van der Waals surface area contributed by atoms with E-state index in [0.717, 1.165) is 22.3 Å². The van der Waals surface area contributed by atoms with Gasteiger partial charge in [-0.05, 0) is 30.7 Å². The maximum atomic E-state index is 5.58. The third-order valence-corrected chi connectivity index (χ3v) is 3.73. The number of ether oxygens (including phenoxy) is 1. The summed E-state index contributed by atoms with van der Waals surface area (Å²) in [7, 11) is 0. The van der Waals surface area contributed by atoms with E-state index in [-0.39, 0.29) is 12.6 Å². The Labute approximate surface area is 134 Å². The molecule has 0 aliphatic heterocycles. The highest BCUT2D eigenvalue weighted by molar-refractivity contribution is 9.10. The van der Waals surface area contributed by atoms with Crippen LogP contribution >= 0.6 is 15.9 Å². The van der Waals surface area contributed by atoms with Gasteiger partial charge < -0.3 is 10.1 Å². The quantitative estimate of drug-likeness (QED) is 0.789. The highest BCUT2D eigenvalue weighted by Gasteiger charge is 2.08. The molecule has 0 saturated heterocycles. The Bertz CT molecular complexity index is 619. The van der Waals surface area contributed by atoms with Crippen molar-refractivity contribution in [2.75, 3.05) is 6.61 Å². The lowest BCUT2D eigenvalue weighted by molar-refractivity contribution is 0.364. The fourth-order valence-electron chi connectivity index (χ4n) is 2.07. The van der Waals surface area contributed by atoms with E-state index in [1.165, 1.54) is 5.56 Å². The predicted octanol–water partition coefficient (Wildman–Crippen LogP) is 4.31. The molecular formula is C18H18BrNO. The maximum absolute atomic E-state index is 5.58. The standard InChI is InChI=1S/C18H18BrNO/c1-3-11-21-18-10-9-17(19)12-16(18)13-20-14(2)15-7-5-4-6-8-15/h1,4-10,12,14,20H,11,13H2,2H3. The summed E-state index contributed by atoms with van der Waals surface area (Å²) in [6.45, 7) is 3.15. The SMILES string of the molecule is C#CCOc1ccc(Br)cc1CNC(C)c1ccccc1. The molecule has 1 N–H and O–H groups in total. The Morgan fingerprint density at radius 2 is 2.00 bits per heavy atom. The molecule has 108 valence electrons. The van der Waals surface area contributed by atoms with Gasteiger partial charge >= 0.3 is 0 Å². The number of rotatable bonds is 6. The smallest absolute Gasteiger partial charge is 0.148 e. The van der Waals surface area contributed by atoms with Crippen LogP contribution in [0.2, 0.25) is 0 Å². The number of benzene rings is 2. The Hall–Kier alpha value is -1.76. The first-order valence-electron chi connectivity index (χ1n) is 6.83. The topological polar surface area (TPSA) is 21.3 Å². The van der Waals surface area contributed by atoms with Gasteiger partial charge in [0.1, 0.15) is 12.4 Å². The van der Waals surface area contributed by atoms with Crippen molar-refractivity contribution in [2.24, 2.45) is 0 Å². The van der Waals surface area contributed by atoms with Gasteiger partial charge in [0.05, 0.1) is 0 Å². The van der Waals surface area contributed by atoms with Crippen molar-refractivity contribution >= 4 is 15.9 Å². The molecule has 2 aromatic rings. The average molecular weight is 344 g/mol. The number of hydrogen-bond donors (Lipinski definition) is 1. The van der Waals surface area contributed by atoms with Crippen LogP contribution in [-0.4, -0.2) is 6.61 Å². The average Bonchev–Trinajstić information content (AvgIpc) is 2.52. The van der Waals surface area contributed by atoms with Gasteiger partial charge in [-0.25, -0.2) is 0 Å². The van der Waals surface area contributed by atoms with E-state index in [0.29, 0.717) is 0 Å². The predicted molar refractivity (Wildman–Crippen MR) is 90.2 cm³/mol. The highest BCUT2D eigenvalue weighted by atomic mass is 79.9. The van der Waals surface area contributed by atoms with Crippen LogP contribution in [0.25, 0.3) is 0 Å². The van der Waals surface area contributed by atoms with E-state index >= 15 is 0 Å². The lowest BCUT2D eigenvalue weighted by atomic mass is 10.1. The second-order valence-electron chi connectivity index (χ2n) is 4.76. The number of halogens is 1. The summed E-state index contributed by atoms with van der Waals surface area (Å²) in [6.07, 6.45) is 5.25. The van der Waals surface area contributed by atoms with E-state index in [1.54, 1.807) is 0 Å². The van der Waals surface area contributed by atoms with Crippen LogP contribution < -0.4 is 10.1 Å². The van der Waals surface area contributed by atoms with Crippen LogP contribution in [0.1, 0.15) is 24.1 Å². The molecular weight excluding hydrogens is 326 g/mol. The van der Waals surface area contributed by atoms with Gasteiger partial charge in [0.2, 0.25) is 0 Å². The molecule has 1 unspecified atom stereocenters. The molecule has 0 aliphatic rings. The molecule has 0 fully saturated rings. The zero-order chi connectivity index (χ0) is 15.1. The monoisotopic (exact) mass is 343 g/mol. The zero-order valence-corrected chi connectivity index (χ0v) is 13.6. The lowest BCUT2D eigenvalue weighted by Crippen LogP contribution is -2.18. The first-order valence-corrected chi connectivity index (χ1v) is 7.63. The minimum Gasteiger partial charge on any atom is -0.481 e. The van der Waals surface area contributed by atoms with E-state index in [1.807, 2.05) is 30.3 Å². The molecule has 0 amide bonds. The molecule has 0 heterocycles. The van der Waals surface area contributed by atoms with Gasteiger partial charge in [-0.3, -0.25) is 0 Å². The van der Waals surface area contributed by atoms with Crippen molar-refractivity contribution in [1.82, 2.24) is 5.32 Å². The summed E-state index contributed by atoms with van der Waals surface area (Å²) in [6, 6.07) is 16.6. The van der Waals surface area contributed by atoms with E-state index in [4.69, 9.17) is 11.2 Å². The number of nitrogens with one attached hydrogen (secondary N) is 1. The molecule has 0 aromatic heterocycles. The van der Waals surface area contributed by atoms with Crippen LogP contribution in [0.5, 0.6) is 5.75 Å². The van der Waals surface area contributed by atoms with E-state index < -0.39 is 0 Å². The maximum Gasteiger partial charge on any atom is 0.148 e. The molecule has 1 atom stereocenters. The molecule has 0 saturated carbocycles. The van der Waals surface area contributed by atoms with Gasteiger partial charge in [0.15, 0.2) is 0 Å². The van der Waals surface area contributed by atoms with Gasteiger partial charge in [0.25, 0.3) is 0 Å². The summed E-state index contributed by atoms with van der Waals surface area (Å²) in [5.41, 5.74) is 2.35. The molecule has 21 heavy (non-hydrogen) atoms. The number of hydrogen-bond acceptors (Lipinski definition) is 2. The first-order chi connectivity index (χ1) is 10.2. The Morgan fingerprint density at radius 3 is 2.71 bits per heavy atom. The van der Waals surface area contributed by atoms with Crippen molar-refractivity contribution < 1.29 is 4.74 Å². The van der Waals surface area contributed by atoms with Crippen LogP contribution in [0.3, 0.4) is 0 Å². The second kappa shape index (κ2) is 7.87. The fraction of sp³-hybridized carbons (Fsp3) is 0.222. The normalized spacial score (nSPS) is 11.7. The fourth-order valence-corrected chi connectivity index (χ4v) is 2.48. The molecule has 0 radical (unpaired) electrons. The van der Waals surface area contributed by atoms with Crippen molar-refractivity contribution in [1.29, 1.82) is 0 Å². The van der Waals surface area contributed by atoms with Crippen LogP contribution in [0.4, 0.5) is 0 Å². The summed E-state index contributed by atoms with van der Waals surface area (Å²) in [5.74, 6) is 3.32. The van der Waals surface area contributed by atoms with E-state index in [2.05, 4.69) is 52.3 Å². The molecule has 2 nitrogen and oxygen atoms in total. The number of terminal acetylenes is 1. The van der Waals surface area contributed by atoms with Crippen molar-refractivity contribution in [3.05, 3.63) is 64.1 Å². The molecule has 2 aromatic carbocycles. The third kappa shape index (κ3) is 4.63. The van der Waals surface area contributed by atoms with Gasteiger partial charge in [0, 0.05) is 22.6 Å². The van der Waals surface area contributed by atoms with Crippen molar-refractivity contribution in [3.8, 4) is 18.1 Å². The first kappa shape index (κ1) is 15.6. The molecule has 3 heteroatoms. The minimum absolute atomic E-state index is 0.269. The molecule has 0 spiro atoms. The second-order valence-corrected chi connectivity index (χ2v) is 5.67. The van der Waals surface area contributed by atoms with Gasteiger partial charge in [-0.2, -0.15) is 0 Å². The Kier molecular flexibility index (Phi) is 5.86. The molecule has 0 aliphatic carbocycles. The Morgan fingerprint density at radius 1 is 1.24 bits per heavy atom. The Balaban J connectivity index is 2.05. The summed E-state index contributed by atoms with van der Waals surface area (Å²) in [4.78, 5) is 0. The molecule has 0 bridgehead atoms. The largest absolute Gasteiger partial charge is 0.481 e. The van der Waals surface area contributed by atoms with Crippen LogP contribution in [0, 0.1) is 12.3 Å². The van der Waals surface area contributed by atoms with Gasteiger partial charge in [-0.15, -0.1) is 6.42 Å². The van der Waals surface area contributed by atoms with Crippen LogP contribution in [0.15, 0.2) is 53.0 Å². The summed E-state index contributed by atoms with van der Waals surface area (Å²) in [5, 5.41) is 3.51. The van der Waals surface area contributed by atoms with E-state index in [9.17, 15) is 0 Å². The van der Waals surface area contributed by atoms with Crippen molar-refractivity contribution in [2.45, 2.75) is 19.5 Å². The summed E-state index contributed by atoms with van der Waals surface area (Å²) < 4.78 is 6.61. The zero-order valence-electron chi connectivity index (χ0n) is 12.0. The van der Waals surface area contributed by atoms with Crippen LogP contribution in [-0.2, 0) is 6.54 Å².